The van der Waals surface area contributed by atoms with Crippen LogP contribution in [0.1, 0.15) is 21.3 Å². The average Bonchev–Trinajstić information content (AvgIpc) is 2.99. The molecule has 4 nitrogen and oxygen atoms in total. The first kappa shape index (κ1) is 17.7. The van der Waals surface area contributed by atoms with Crippen molar-refractivity contribution < 1.29 is 14.5 Å². The summed E-state index contributed by atoms with van der Waals surface area (Å²) in [5.74, 6) is -0.149. The second kappa shape index (κ2) is 8.31. The Morgan fingerprint density at radius 3 is 2.91 bits per heavy atom. The van der Waals surface area contributed by atoms with Crippen LogP contribution in [0.5, 0.6) is 0 Å². The minimum absolute atomic E-state index is 0.112. The van der Waals surface area contributed by atoms with Crippen LogP contribution in [-0.4, -0.2) is 22.4 Å². The van der Waals surface area contributed by atoms with E-state index in [9.17, 15) is 9.90 Å². The number of nitrogens with one attached hydrogen (secondary N) is 1. The number of pyridine rings is 1. The number of thiophene rings is 1. The van der Waals surface area contributed by atoms with Gasteiger partial charge in [0.15, 0.2) is 17.4 Å². The van der Waals surface area contributed by atoms with Crippen LogP contribution in [0.2, 0.25) is 4.34 Å². The van der Waals surface area contributed by atoms with Gasteiger partial charge in [-0.15, -0.1) is 17.9 Å². The van der Waals surface area contributed by atoms with E-state index in [-0.39, 0.29) is 12.4 Å². The summed E-state index contributed by atoms with van der Waals surface area (Å²) < 4.78 is 2.24. The number of aliphatic hydroxyl groups is 1. The van der Waals surface area contributed by atoms with Crippen molar-refractivity contribution >= 4 is 45.9 Å². The quantitative estimate of drug-likeness (QED) is 0.342. The Balaban J connectivity index is 2.40. The summed E-state index contributed by atoms with van der Waals surface area (Å²) in [6.45, 7) is 3.99. The molecular formula is C16H16ClN2O2S2+. The molecule has 0 saturated carbocycles. The maximum absolute atomic E-state index is 12.9. The van der Waals surface area contributed by atoms with Gasteiger partial charge in [0.25, 0.3) is 6.04 Å². The van der Waals surface area contributed by atoms with Crippen molar-refractivity contribution in [3.63, 3.8) is 0 Å². The van der Waals surface area contributed by atoms with Gasteiger partial charge in [-0.05, 0) is 18.2 Å². The monoisotopic (exact) mass is 367 g/mol. The molecule has 1 unspecified atom stereocenters. The third kappa shape index (κ3) is 4.45. The van der Waals surface area contributed by atoms with Crippen LogP contribution in [0.15, 0.2) is 49.3 Å². The average molecular weight is 368 g/mol. The summed E-state index contributed by atoms with van der Waals surface area (Å²) >= 11 is 12.5. The molecule has 0 aliphatic rings. The Labute approximate surface area is 149 Å². The van der Waals surface area contributed by atoms with E-state index in [2.05, 4.69) is 11.9 Å². The number of carbonyl (C=O) groups excluding carboxylic acids is 1. The highest BCUT2D eigenvalue weighted by Crippen LogP contribution is 2.24. The highest BCUT2D eigenvalue weighted by Gasteiger charge is 2.34. The molecule has 2 aromatic heterocycles. The topological polar surface area (TPSA) is 53.2 Å². The maximum atomic E-state index is 12.9. The molecule has 1 atom stereocenters. The van der Waals surface area contributed by atoms with Crippen molar-refractivity contribution in [1.82, 2.24) is 5.32 Å². The van der Waals surface area contributed by atoms with E-state index in [1.54, 1.807) is 47.3 Å². The molecule has 2 heterocycles. The molecule has 2 N–H and O–H groups in total. The number of hydrogen-bond donors (Lipinski definition) is 2. The number of nitrogens with zero attached hydrogens (tertiary/aromatic N) is 1. The standard InChI is InChI=1S/C16H15ClN2O2S2/c1-2-7-18-16(22)14(15(21)12-5-6-13(17)23-12)19-8-3-4-11(9-19)10-20/h2-6,8-9,14,20H,1,7,10H2/p+1. The summed E-state index contributed by atoms with van der Waals surface area (Å²) in [5.41, 5.74) is 0.695. The highest BCUT2D eigenvalue weighted by molar-refractivity contribution is 7.80. The SMILES string of the molecule is C=CCNC(=S)C(C(=O)c1ccc(Cl)s1)[n+]1cccc(CO)c1. The fourth-order valence-electron chi connectivity index (χ4n) is 2.04. The van der Waals surface area contributed by atoms with Crippen LogP contribution < -0.4 is 9.88 Å². The molecule has 0 fully saturated rings. The summed E-state index contributed by atoms with van der Waals surface area (Å²) in [7, 11) is 0. The molecule has 7 heteroatoms. The van der Waals surface area contributed by atoms with Gasteiger partial charge in [0.1, 0.15) is 0 Å². The number of ketones is 1. The first-order chi connectivity index (χ1) is 11.1. The van der Waals surface area contributed by atoms with Crippen molar-refractivity contribution in [2.24, 2.45) is 0 Å². The lowest BCUT2D eigenvalue weighted by atomic mass is 10.1. The van der Waals surface area contributed by atoms with Crippen molar-refractivity contribution in [2.75, 3.05) is 6.54 Å². The van der Waals surface area contributed by atoms with Crippen molar-refractivity contribution in [2.45, 2.75) is 12.6 Å². The van der Waals surface area contributed by atoms with Gasteiger partial charge in [-0.1, -0.05) is 29.9 Å². The van der Waals surface area contributed by atoms with Crippen LogP contribution in [0, 0.1) is 0 Å². The molecule has 0 aliphatic heterocycles. The lowest BCUT2D eigenvalue weighted by Gasteiger charge is -2.13. The van der Waals surface area contributed by atoms with Crippen LogP contribution in [0.25, 0.3) is 0 Å². The van der Waals surface area contributed by atoms with Crippen molar-refractivity contribution in [3.8, 4) is 0 Å². The fraction of sp³-hybridized carbons (Fsp3) is 0.188. The van der Waals surface area contributed by atoms with Gasteiger partial charge >= 0.3 is 0 Å². The molecular weight excluding hydrogens is 352 g/mol. The number of thiocarbonyl (C=S) groups is 1. The second-order valence-corrected chi connectivity index (χ2v) is 6.88. The predicted octanol–water partition coefficient (Wildman–Crippen LogP) is 2.71. The Morgan fingerprint density at radius 2 is 2.30 bits per heavy atom. The Bertz CT molecular complexity index is 730. The predicted molar refractivity (Wildman–Crippen MR) is 96.1 cm³/mol. The molecule has 0 aliphatic carbocycles. The summed E-state index contributed by atoms with van der Waals surface area (Å²) in [5, 5.41) is 12.3. The van der Waals surface area contributed by atoms with E-state index >= 15 is 0 Å². The molecule has 2 aromatic rings. The van der Waals surface area contributed by atoms with Gasteiger partial charge in [0.2, 0.25) is 5.78 Å². The molecule has 23 heavy (non-hydrogen) atoms. The minimum atomic E-state index is -0.703. The zero-order chi connectivity index (χ0) is 16.8. The van der Waals surface area contributed by atoms with Gasteiger partial charge in [-0.2, -0.15) is 4.57 Å². The van der Waals surface area contributed by atoms with Crippen molar-refractivity contribution in [1.29, 1.82) is 0 Å². The lowest BCUT2D eigenvalue weighted by Crippen LogP contribution is -2.51. The zero-order valence-corrected chi connectivity index (χ0v) is 14.6. The van der Waals surface area contributed by atoms with Crippen LogP contribution >= 0.6 is 35.2 Å². The number of hydrogen-bond acceptors (Lipinski definition) is 4. The van der Waals surface area contributed by atoms with Crippen LogP contribution in [0.3, 0.4) is 0 Å². The van der Waals surface area contributed by atoms with Gasteiger partial charge < -0.3 is 10.4 Å². The highest BCUT2D eigenvalue weighted by atomic mass is 35.5. The van der Waals surface area contributed by atoms with Crippen molar-refractivity contribution in [3.05, 3.63) is 64.1 Å². The Hall–Kier alpha value is -1.60. The van der Waals surface area contributed by atoms with Gasteiger partial charge in [-0.25, -0.2) is 0 Å². The molecule has 0 saturated heterocycles. The molecule has 120 valence electrons. The normalized spacial score (nSPS) is 11.7. The number of aliphatic hydroxyl groups excluding tert-OH is 1. The van der Waals surface area contributed by atoms with E-state index in [1.165, 1.54) is 11.3 Å². The van der Waals surface area contributed by atoms with E-state index in [0.717, 1.165) is 0 Å². The third-order valence-corrected chi connectivity index (χ3v) is 4.71. The van der Waals surface area contributed by atoms with Gasteiger partial charge in [0, 0.05) is 18.2 Å². The van der Waals surface area contributed by atoms with E-state index in [1.807, 2.05) is 0 Å². The number of halogens is 1. The first-order valence-corrected chi connectivity index (χ1v) is 8.45. The molecule has 0 radical (unpaired) electrons. The number of Topliss-reactive ketones (excluding diaryl/α,β-unsaturated/α-hetero) is 1. The number of carbonyl (C=O) groups is 1. The van der Waals surface area contributed by atoms with E-state index in [4.69, 9.17) is 23.8 Å². The number of aromatic nitrogens is 1. The van der Waals surface area contributed by atoms with Gasteiger partial charge in [0.05, 0.1) is 15.8 Å². The summed E-state index contributed by atoms with van der Waals surface area (Å²) in [4.78, 5) is 13.8. The third-order valence-electron chi connectivity index (χ3n) is 3.10. The lowest BCUT2D eigenvalue weighted by molar-refractivity contribution is -0.692. The molecule has 0 aromatic carbocycles. The molecule has 2 rings (SSSR count). The summed E-state index contributed by atoms with van der Waals surface area (Å²) in [6, 6.07) is 6.22. The van der Waals surface area contributed by atoms with Crippen LogP contribution in [-0.2, 0) is 6.61 Å². The minimum Gasteiger partial charge on any atom is -0.391 e. The largest absolute Gasteiger partial charge is 0.391 e. The maximum Gasteiger partial charge on any atom is 0.271 e. The Kier molecular flexibility index (Phi) is 6.41. The Morgan fingerprint density at radius 1 is 1.52 bits per heavy atom. The summed E-state index contributed by atoms with van der Waals surface area (Å²) in [6.07, 6.45) is 5.13. The zero-order valence-electron chi connectivity index (χ0n) is 12.2. The molecule has 0 amide bonds. The smallest absolute Gasteiger partial charge is 0.271 e. The van der Waals surface area contributed by atoms with E-state index < -0.39 is 6.04 Å². The van der Waals surface area contributed by atoms with E-state index in [0.29, 0.717) is 26.3 Å². The molecule has 0 spiro atoms. The molecule has 0 bridgehead atoms. The second-order valence-electron chi connectivity index (χ2n) is 4.72. The number of rotatable bonds is 7. The van der Waals surface area contributed by atoms with Gasteiger partial charge in [-0.3, -0.25) is 4.79 Å². The van der Waals surface area contributed by atoms with Crippen LogP contribution in [0.4, 0.5) is 0 Å². The first-order valence-electron chi connectivity index (χ1n) is 6.85. The fourth-order valence-corrected chi connectivity index (χ4v) is 3.36.